The summed E-state index contributed by atoms with van der Waals surface area (Å²) in [6.07, 6.45) is 1.30. The first-order valence-electron chi connectivity index (χ1n) is 10.5. The molecule has 0 aromatic heterocycles. The van der Waals surface area contributed by atoms with Crippen LogP contribution in [0.4, 0.5) is 5.69 Å². The normalized spacial score (nSPS) is 11.2. The van der Waals surface area contributed by atoms with Crippen LogP contribution in [0.25, 0.3) is 0 Å². The monoisotopic (exact) mass is 482 g/mol. The van der Waals surface area contributed by atoms with Gasteiger partial charge in [0, 0.05) is 18.7 Å². The number of rotatable bonds is 14. The number of likely N-dealkylation sites (N-methyl/N-ethyl adjacent to an activating group) is 1. The predicted molar refractivity (Wildman–Crippen MR) is 129 cm³/mol. The first kappa shape index (κ1) is 26.4. The van der Waals surface area contributed by atoms with Crippen LogP contribution in [0.3, 0.4) is 0 Å². The van der Waals surface area contributed by atoms with Crippen LogP contribution in [0.5, 0.6) is 28.7 Å². The number of ether oxygens (including phenoxy) is 5. The smallest absolute Gasteiger partial charge is 0.232 e. The number of hydrogen-bond donors (Lipinski definition) is 1. The lowest BCUT2D eigenvalue weighted by Gasteiger charge is -2.18. The molecular weight excluding hydrogens is 448 g/mol. The van der Waals surface area contributed by atoms with Crippen molar-refractivity contribution in [2.24, 2.45) is 0 Å². The minimum Gasteiger partial charge on any atom is -0.493 e. The summed E-state index contributed by atoms with van der Waals surface area (Å²) in [4.78, 5) is 2.10. The van der Waals surface area contributed by atoms with Crippen LogP contribution in [0.1, 0.15) is 12.0 Å². The Morgan fingerprint density at radius 2 is 1.39 bits per heavy atom. The summed E-state index contributed by atoms with van der Waals surface area (Å²) < 4.78 is 54.2. The van der Waals surface area contributed by atoms with E-state index in [1.807, 2.05) is 25.2 Å². The zero-order chi connectivity index (χ0) is 24.4. The number of nitrogens with one attached hydrogen (secondary N) is 1. The van der Waals surface area contributed by atoms with E-state index in [0.717, 1.165) is 18.5 Å². The molecule has 9 nitrogen and oxygen atoms in total. The van der Waals surface area contributed by atoms with Gasteiger partial charge >= 0.3 is 0 Å². The summed E-state index contributed by atoms with van der Waals surface area (Å²) in [7, 11) is 6.10. The lowest BCUT2D eigenvalue weighted by atomic mass is 10.1. The van der Waals surface area contributed by atoms with Crippen LogP contribution in [0.15, 0.2) is 30.3 Å². The second-order valence-electron chi connectivity index (χ2n) is 7.43. The molecule has 0 heterocycles. The van der Waals surface area contributed by atoms with Gasteiger partial charge in [-0.15, -0.1) is 0 Å². The fraction of sp³-hybridized carbons (Fsp3) is 0.478. The maximum Gasteiger partial charge on any atom is 0.232 e. The zero-order valence-electron chi connectivity index (χ0n) is 20.1. The van der Waals surface area contributed by atoms with Crippen LogP contribution in [-0.2, 0) is 16.4 Å². The number of anilines is 1. The molecule has 0 atom stereocenters. The van der Waals surface area contributed by atoms with Crippen molar-refractivity contribution in [2.75, 3.05) is 66.2 Å². The van der Waals surface area contributed by atoms with E-state index in [1.165, 1.54) is 21.3 Å². The maximum absolute atomic E-state index is 12.6. The molecule has 0 aliphatic rings. The average molecular weight is 483 g/mol. The lowest BCUT2D eigenvalue weighted by Crippen LogP contribution is -2.25. The van der Waals surface area contributed by atoms with Gasteiger partial charge in [-0.3, -0.25) is 4.72 Å². The summed E-state index contributed by atoms with van der Waals surface area (Å²) in [6.45, 7) is 1.43. The number of benzene rings is 2. The second kappa shape index (κ2) is 12.4. The molecule has 2 aromatic rings. The Balaban J connectivity index is 1.88. The SMILES string of the molecule is COc1ccc(CCN(C)CCCS(=O)(=O)Nc2cc(OC)c(OC)c(OC)c2)cc1OC. The Morgan fingerprint density at radius 1 is 0.788 bits per heavy atom. The molecule has 0 saturated heterocycles. The van der Waals surface area contributed by atoms with E-state index >= 15 is 0 Å². The topological polar surface area (TPSA) is 95.6 Å². The molecule has 184 valence electrons. The highest BCUT2D eigenvalue weighted by atomic mass is 32.2. The van der Waals surface area contributed by atoms with Gasteiger partial charge in [-0.2, -0.15) is 0 Å². The van der Waals surface area contributed by atoms with Gasteiger partial charge < -0.3 is 28.6 Å². The molecule has 0 aliphatic carbocycles. The lowest BCUT2D eigenvalue weighted by molar-refractivity contribution is 0.324. The molecule has 0 saturated carbocycles. The Bertz CT molecular complexity index is 987. The van der Waals surface area contributed by atoms with Crippen molar-refractivity contribution in [2.45, 2.75) is 12.8 Å². The molecule has 0 fully saturated rings. The third kappa shape index (κ3) is 7.61. The summed E-state index contributed by atoms with van der Waals surface area (Å²) in [5.74, 6) is 2.54. The first-order valence-corrected chi connectivity index (χ1v) is 12.1. The standard InChI is InChI=1S/C23H34N2O7S/c1-25(12-10-17-8-9-19(28-2)20(14-17)29-3)11-7-13-33(26,27)24-18-15-21(30-4)23(32-6)22(16-18)31-5/h8-9,14-16,24H,7,10-13H2,1-6H3. The van der Waals surface area contributed by atoms with Crippen molar-refractivity contribution < 1.29 is 32.1 Å². The van der Waals surface area contributed by atoms with Crippen molar-refractivity contribution in [3.63, 3.8) is 0 Å². The van der Waals surface area contributed by atoms with Gasteiger partial charge in [0.1, 0.15) is 0 Å². The molecule has 0 bridgehead atoms. The van der Waals surface area contributed by atoms with Crippen LogP contribution < -0.4 is 28.4 Å². The largest absolute Gasteiger partial charge is 0.493 e. The van der Waals surface area contributed by atoms with E-state index in [2.05, 4.69) is 9.62 Å². The Kier molecular flexibility index (Phi) is 9.93. The molecule has 2 aromatic carbocycles. The highest BCUT2D eigenvalue weighted by Gasteiger charge is 2.17. The van der Waals surface area contributed by atoms with Crippen LogP contribution in [0.2, 0.25) is 0 Å². The Hall–Kier alpha value is -2.85. The van der Waals surface area contributed by atoms with Gasteiger partial charge in [0.15, 0.2) is 23.0 Å². The molecular formula is C23H34N2O7S. The van der Waals surface area contributed by atoms with Crippen molar-refractivity contribution in [3.05, 3.63) is 35.9 Å². The summed E-state index contributed by atoms with van der Waals surface area (Å²) in [6, 6.07) is 8.97. The molecule has 33 heavy (non-hydrogen) atoms. The zero-order valence-corrected chi connectivity index (χ0v) is 21.0. The minimum absolute atomic E-state index is 0.00956. The highest BCUT2D eigenvalue weighted by molar-refractivity contribution is 7.92. The van der Waals surface area contributed by atoms with Gasteiger partial charge in [0.05, 0.1) is 47.0 Å². The summed E-state index contributed by atoms with van der Waals surface area (Å²) in [5.41, 5.74) is 1.47. The van der Waals surface area contributed by atoms with Crippen molar-refractivity contribution in [3.8, 4) is 28.7 Å². The van der Waals surface area contributed by atoms with Crippen molar-refractivity contribution in [1.29, 1.82) is 0 Å². The van der Waals surface area contributed by atoms with E-state index in [4.69, 9.17) is 23.7 Å². The second-order valence-corrected chi connectivity index (χ2v) is 9.27. The molecule has 2 rings (SSSR count). The average Bonchev–Trinajstić information content (AvgIpc) is 2.81. The highest BCUT2D eigenvalue weighted by Crippen LogP contribution is 2.40. The van der Waals surface area contributed by atoms with E-state index in [9.17, 15) is 8.42 Å². The molecule has 0 unspecified atom stereocenters. The van der Waals surface area contributed by atoms with Gasteiger partial charge in [-0.05, 0) is 44.1 Å². The van der Waals surface area contributed by atoms with Crippen LogP contribution in [0, 0.1) is 0 Å². The number of sulfonamides is 1. The number of nitrogens with zero attached hydrogens (tertiary/aromatic N) is 1. The number of methoxy groups -OCH3 is 5. The van der Waals surface area contributed by atoms with Crippen molar-refractivity contribution >= 4 is 15.7 Å². The first-order chi connectivity index (χ1) is 15.8. The molecule has 0 radical (unpaired) electrons. The molecule has 0 spiro atoms. The van der Waals surface area contributed by atoms with Gasteiger partial charge in [-0.25, -0.2) is 8.42 Å². The summed E-state index contributed by atoms with van der Waals surface area (Å²) >= 11 is 0. The van der Waals surface area contributed by atoms with E-state index in [1.54, 1.807) is 26.4 Å². The third-order valence-electron chi connectivity index (χ3n) is 5.12. The maximum atomic E-state index is 12.6. The van der Waals surface area contributed by atoms with E-state index in [0.29, 0.717) is 47.4 Å². The Labute approximate surface area is 196 Å². The van der Waals surface area contributed by atoms with E-state index in [-0.39, 0.29) is 5.75 Å². The minimum atomic E-state index is -3.54. The fourth-order valence-electron chi connectivity index (χ4n) is 3.36. The molecule has 0 aliphatic heterocycles. The molecule has 1 N–H and O–H groups in total. The fourth-order valence-corrected chi connectivity index (χ4v) is 4.45. The quantitative estimate of drug-likeness (QED) is 0.439. The molecule has 0 amide bonds. The van der Waals surface area contributed by atoms with Gasteiger partial charge in [0.2, 0.25) is 15.8 Å². The van der Waals surface area contributed by atoms with Gasteiger partial charge in [-0.1, -0.05) is 6.07 Å². The predicted octanol–water partition coefficient (Wildman–Crippen LogP) is 3.04. The Morgan fingerprint density at radius 3 is 1.94 bits per heavy atom. The van der Waals surface area contributed by atoms with Gasteiger partial charge in [0.25, 0.3) is 0 Å². The van der Waals surface area contributed by atoms with Crippen LogP contribution >= 0.6 is 0 Å². The number of hydrogen-bond acceptors (Lipinski definition) is 8. The summed E-state index contributed by atoms with van der Waals surface area (Å²) in [5, 5.41) is 0. The third-order valence-corrected chi connectivity index (χ3v) is 6.49. The van der Waals surface area contributed by atoms with Crippen molar-refractivity contribution in [1.82, 2.24) is 4.90 Å². The van der Waals surface area contributed by atoms with E-state index < -0.39 is 10.0 Å². The molecule has 10 heteroatoms. The van der Waals surface area contributed by atoms with Crippen LogP contribution in [-0.4, -0.2) is 74.8 Å².